The predicted molar refractivity (Wildman–Crippen MR) is 263 cm³/mol. The molecule has 0 saturated heterocycles. The molecule has 0 radical (unpaired) electrons. The van der Waals surface area contributed by atoms with Gasteiger partial charge in [0.05, 0.1) is 88.6 Å². The highest BCUT2D eigenvalue weighted by Gasteiger charge is 2.19. The molecular weight excluding hydrogens is 812 g/mol. The Bertz CT molecular complexity index is 2590. The summed E-state index contributed by atoms with van der Waals surface area (Å²) in [6.07, 6.45) is 22.2. The van der Waals surface area contributed by atoms with Gasteiger partial charge in [-0.3, -0.25) is 18.6 Å². The van der Waals surface area contributed by atoms with Gasteiger partial charge in [-0.25, -0.2) is 9.13 Å². The molecule has 0 saturated carbocycles. The predicted octanol–water partition coefficient (Wildman–Crippen LogP) is 11.0. The molecule has 0 spiro atoms. The number of unbranched alkanes of at least 4 members (excludes halogenated alkanes) is 10. The minimum Gasteiger partial charge on any atom is -0.340 e. The second kappa shape index (κ2) is 19.8. The molecule has 62 heavy (non-hydrogen) atoms. The Hall–Kier alpha value is -4.60. The minimum atomic E-state index is -0.0571. The van der Waals surface area contributed by atoms with Crippen molar-refractivity contribution in [2.75, 3.05) is 42.3 Å². The van der Waals surface area contributed by atoms with Crippen LogP contribution in [0, 0.1) is 0 Å². The monoisotopic (exact) mass is 876 g/mol. The van der Waals surface area contributed by atoms with Crippen LogP contribution in [0.2, 0.25) is 10.0 Å². The fraction of sp³-hybridized carbons (Fsp3) is 0.423. The molecule has 0 N–H and O–H groups in total. The van der Waals surface area contributed by atoms with Crippen molar-refractivity contribution in [3.8, 4) is 0 Å². The first-order valence-electron chi connectivity index (χ1n) is 22.7. The molecular formula is C52H66Cl2N6O2+4. The van der Waals surface area contributed by atoms with Crippen LogP contribution in [-0.4, -0.2) is 51.4 Å². The van der Waals surface area contributed by atoms with Crippen molar-refractivity contribution in [2.45, 2.75) is 103 Å². The fourth-order valence-electron chi connectivity index (χ4n) is 8.90. The Labute approximate surface area is 377 Å². The lowest BCUT2D eigenvalue weighted by molar-refractivity contribution is -0.697. The summed E-state index contributed by atoms with van der Waals surface area (Å²) in [5.41, 5.74) is 5.76. The second-order valence-electron chi connectivity index (χ2n) is 19.0. The van der Waals surface area contributed by atoms with Gasteiger partial charge in [0, 0.05) is 57.5 Å². The summed E-state index contributed by atoms with van der Waals surface area (Å²) in [6.45, 7) is 3.54. The van der Waals surface area contributed by atoms with Gasteiger partial charge in [-0.05, 0) is 74.2 Å². The number of pyridine rings is 4. The van der Waals surface area contributed by atoms with Crippen LogP contribution in [0.15, 0.2) is 107 Å². The van der Waals surface area contributed by atoms with Gasteiger partial charge in [0.1, 0.15) is 24.5 Å². The Morgan fingerprint density at radius 1 is 0.419 bits per heavy atom. The standard InChI is InChI=1S/C52H66Cl2N6O2/c1-59(2,3)41-23-31-55(32-24-41)27-15-11-7-9-13-17-29-57-47-21-19-39(53)35-43(47)51(61)45-38-50-46(37-49(45)57)52(62)44-36-40(54)20-22-48(44)58(50)30-18-14-10-8-12-16-28-56-33-25-42(26-34-56)60(4,5)6/h19-26,31-38H,7-18,27-30H2,1-6H3/q+4. The van der Waals surface area contributed by atoms with Crippen LogP contribution in [0.5, 0.6) is 0 Å². The number of aryl methyl sites for hydroxylation is 4. The van der Waals surface area contributed by atoms with Crippen LogP contribution in [-0.2, 0) is 26.2 Å². The molecule has 0 bridgehead atoms. The highest BCUT2D eigenvalue weighted by molar-refractivity contribution is 6.31. The summed E-state index contributed by atoms with van der Waals surface area (Å²) in [4.78, 5) is 28.7. The number of hydrogen-bond donors (Lipinski definition) is 0. The van der Waals surface area contributed by atoms with Crippen LogP contribution in [0.1, 0.15) is 77.0 Å². The Kier molecular flexibility index (Phi) is 14.5. The minimum absolute atomic E-state index is 0.0571. The summed E-state index contributed by atoms with van der Waals surface area (Å²) in [7, 11) is 13.1. The molecule has 3 aromatic carbocycles. The smallest absolute Gasteiger partial charge is 0.197 e. The van der Waals surface area contributed by atoms with Crippen molar-refractivity contribution in [3.05, 3.63) is 128 Å². The third-order valence-corrected chi connectivity index (χ3v) is 13.0. The molecule has 0 fully saturated rings. The molecule has 10 heteroatoms. The summed E-state index contributed by atoms with van der Waals surface area (Å²) in [5, 5.41) is 3.53. The normalized spacial score (nSPS) is 12.4. The number of hydrogen-bond acceptors (Lipinski definition) is 2. The lowest BCUT2D eigenvalue weighted by Gasteiger charge is -2.22. The summed E-state index contributed by atoms with van der Waals surface area (Å²) >= 11 is 13.0. The molecule has 8 nitrogen and oxygen atoms in total. The second-order valence-corrected chi connectivity index (χ2v) is 19.9. The maximum atomic E-state index is 14.3. The number of nitrogens with zero attached hydrogens (tertiary/aromatic N) is 6. The van der Waals surface area contributed by atoms with Gasteiger partial charge in [0.25, 0.3) is 0 Å². The maximum absolute atomic E-state index is 14.3. The van der Waals surface area contributed by atoms with E-state index in [-0.39, 0.29) is 10.9 Å². The average Bonchev–Trinajstić information content (AvgIpc) is 3.24. The zero-order valence-corrected chi connectivity index (χ0v) is 39.3. The van der Waals surface area contributed by atoms with Crippen molar-refractivity contribution in [1.82, 2.24) is 18.1 Å². The molecule has 4 heterocycles. The van der Waals surface area contributed by atoms with Crippen LogP contribution in [0.4, 0.5) is 11.4 Å². The van der Waals surface area contributed by atoms with E-state index in [2.05, 4.69) is 110 Å². The van der Waals surface area contributed by atoms with Gasteiger partial charge in [-0.15, -0.1) is 0 Å². The van der Waals surface area contributed by atoms with Gasteiger partial charge in [0.2, 0.25) is 0 Å². The van der Waals surface area contributed by atoms with Crippen molar-refractivity contribution in [1.29, 1.82) is 0 Å². The fourth-order valence-corrected chi connectivity index (χ4v) is 9.25. The molecule has 0 atom stereocenters. The van der Waals surface area contributed by atoms with Gasteiger partial charge >= 0.3 is 0 Å². The number of halogens is 2. The van der Waals surface area contributed by atoms with E-state index in [1.807, 2.05) is 36.4 Å². The Morgan fingerprint density at radius 3 is 1.10 bits per heavy atom. The van der Waals surface area contributed by atoms with E-state index in [9.17, 15) is 9.59 Å². The van der Waals surface area contributed by atoms with Crippen LogP contribution >= 0.6 is 23.2 Å². The van der Waals surface area contributed by atoms with E-state index in [0.29, 0.717) is 31.6 Å². The highest BCUT2D eigenvalue weighted by atomic mass is 35.5. The first kappa shape index (κ1) is 45.4. The molecule has 0 unspecified atom stereocenters. The molecule has 0 amide bonds. The molecule has 326 valence electrons. The molecule has 7 aromatic rings. The van der Waals surface area contributed by atoms with Crippen molar-refractivity contribution in [2.24, 2.45) is 0 Å². The van der Waals surface area contributed by atoms with Gasteiger partial charge in [-0.2, -0.15) is 0 Å². The zero-order chi connectivity index (χ0) is 44.0. The van der Waals surface area contributed by atoms with Gasteiger partial charge in [-0.1, -0.05) is 61.7 Å². The van der Waals surface area contributed by atoms with Crippen molar-refractivity contribution in [3.63, 3.8) is 0 Å². The Morgan fingerprint density at radius 2 is 0.742 bits per heavy atom. The number of quaternary nitrogens is 2. The summed E-state index contributed by atoms with van der Waals surface area (Å²) in [6, 6.07) is 24.0. The topological polar surface area (TPSA) is 51.8 Å². The van der Waals surface area contributed by atoms with E-state index in [0.717, 1.165) is 109 Å². The summed E-state index contributed by atoms with van der Waals surface area (Å²) < 4.78 is 10.7. The third kappa shape index (κ3) is 10.8. The quantitative estimate of drug-likeness (QED) is 0.0332. The van der Waals surface area contributed by atoms with Gasteiger partial charge in [0.15, 0.2) is 35.6 Å². The number of fused-ring (bicyclic) bond motifs is 4. The summed E-state index contributed by atoms with van der Waals surface area (Å²) in [5.74, 6) is 0. The van der Waals surface area contributed by atoms with Crippen LogP contribution in [0.3, 0.4) is 0 Å². The van der Waals surface area contributed by atoms with Crippen LogP contribution in [0.25, 0.3) is 43.6 Å². The first-order chi connectivity index (χ1) is 29.7. The van der Waals surface area contributed by atoms with E-state index >= 15 is 0 Å². The van der Waals surface area contributed by atoms with E-state index < -0.39 is 0 Å². The van der Waals surface area contributed by atoms with Crippen LogP contribution < -0.4 is 29.0 Å². The average molecular weight is 878 g/mol. The van der Waals surface area contributed by atoms with E-state index in [4.69, 9.17) is 23.2 Å². The molecule has 4 aromatic heterocycles. The van der Waals surface area contributed by atoms with Gasteiger partial charge < -0.3 is 9.13 Å². The number of rotatable bonds is 20. The molecule has 0 aliphatic rings. The Balaban J connectivity index is 1.04. The molecule has 0 aliphatic carbocycles. The lowest BCUT2D eigenvalue weighted by Crippen LogP contribution is -2.37. The highest BCUT2D eigenvalue weighted by Crippen LogP contribution is 2.29. The number of benzene rings is 3. The lowest BCUT2D eigenvalue weighted by atomic mass is 10.0. The number of aromatic nitrogens is 4. The third-order valence-electron chi connectivity index (χ3n) is 12.6. The van der Waals surface area contributed by atoms with E-state index in [1.54, 1.807) is 12.1 Å². The van der Waals surface area contributed by atoms with Crippen molar-refractivity contribution >= 4 is 78.2 Å². The zero-order valence-electron chi connectivity index (χ0n) is 37.8. The SMILES string of the molecule is C[N+](C)(C)c1cc[n+](CCCCCCCCn2c3ccc(Cl)cc3c(=O)c3cc4c(cc32)c(=O)c2cc(Cl)ccc2n4CCCCCCCC[n+]2ccc([N+](C)(C)C)cc2)cc1. The first-order valence-corrected chi connectivity index (χ1v) is 23.5. The van der Waals surface area contributed by atoms with E-state index in [1.165, 1.54) is 37.1 Å². The molecule has 0 aliphatic heterocycles. The van der Waals surface area contributed by atoms with Crippen molar-refractivity contribution < 1.29 is 9.13 Å². The molecule has 7 rings (SSSR count). The maximum Gasteiger partial charge on any atom is 0.197 e. The largest absolute Gasteiger partial charge is 0.340 e.